The summed E-state index contributed by atoms with van der Waals surface area (Å²) in [5.41, 5.74) is 0.458. The second kappa shape index (κ2) is 9.69. The molecule has 9 atom stereocenters. The Morgan fingerprint density at radius 3 is 2.53 bits per heavy atom. The predicted molar refractivity (Wildman–Crippen MR) is 130 cm³/mol. The van der Waals surface area contributed by atoms with E-state index in [4.69, 9.17) is 14.2 Å². The highest BCUT2D eigenvalue weighted by atomic mass is 16.7. The maximum Gasteiger partial charge on any atom is 0.330 e. The molecule has 5 fully saturated rings. The summed E-state index contributed by atoms with van der Waals surface area (Å²) in [4.78, 5) is 24.5. The van der Waals surface area contributed by atoms with Gasteiger partial charge < -0.3 is 14.2 Å². The van der Waals surface area contributed by atoms with Crippen molar-refractivity contribution in [2.45, 2.75) is 103 Å². The Morgan fingerprint density at radius 2 is 1.76 bits per heavy atom. The van der Waals surface area contributed by atoms with E-state index in [1.807, 2.05) is 0 Å². The van der Waals surface area contributed by atoms with Gasteiger partial charge in [0.1, 0.15) is 0 Å². The van der Waals surface area contributed by atoms with Crippen molar-refractivity contribution in [3.63, 3.8) is 0 Å². The van der Waals surface area contributed by atoms with E-state index in [2.05, 4.69) is 20.4 Å². The molecule has 0 spiro atoms. The van der Waals surface area contributed by atoms with Crippen LogP contribution in [0.15, 0.2) is 12.7 Å². The Morgan fingerprint density at radius 1 is 0.971 bits per heavy atom. The largest absolute Gasteiger partial charge is 0.455 e. The van der Waals surface area contributed by atoms with E-state index < -0.39 is 5.97 Å². The van der Waals surface area contributed by atoms with E-state index >= 15 is 0 Å². The molecular weight excluding hydrogens is 428 g/mol. The number of esters is 1. The normalized spacial score (nSPS) is 46.0. The third kappa shape index (κ3) is 4.30. The quantitative estimate of drug-likeness (QED) is 0.275. The van der Waals surface area contributed by atoms with E-state index in [1.165, 1.54) is 44.9 Å². The van der Waals surface area contributed by atoms with Crippen molar-refractivity contribution in [1.82, 2.24) is 0 Å². The summed E-state index contributed by atoms with van der Waals surface area (Å²) in [6.07, 6.45) is 15.6. The van der Waals surface area contributed by atoms with Crippen LogP contribution in [-0.2, 0) is 23.8 Å². The van der Waals surface area contributed by atoms with Gasteiger partial charge in [-0.15, -0.1) is 0 Å². The monoisotopic (exact) mass is 472 g/mol. The van der Waals surface area contributed by atoms with E-state index in [9.17, 15) is 9.59 Å². The second-order valence-corrected chi connectivity index (χ2v) is 12.4. The SMILES string of the molecule is C=CC(=O)OCC(=O)[C@H]1CC[C@H]2[C@@H]3CC[C@H]4C[C@@H](O[C@@H]5CCCCO5)CC[C@]4(C)[C@H]3CC[C@]12C. The van der Waals surface area contributed by atoms with E-state index in [-0.39, 0.29) is 30.0 Å². The van der Waals surface area contributed by atoms with Gasteiger partial charge in [-0.1, -0.05) is 20.4 Å². The zero-order valence-electron chi connectivity index (χ0n) is 21.3. The van der Waals surface area contributed by atoms with Crippen LogP contribution in [-0.4, -0.2) is 37.4 Å². The summed E-state index contributed by atoms with van der Waals surface area (Å²) in [5.74, 6) is 2.51. The predicted octanol–water partition coefficient (Wildman–Crippen LogP) is 5.86. The first kappa shape index (κ1) is 24.5. The van der Waals surface area contributed by atoms with E-state index in [1.54, 1.807) is 0 Å². The summed E-state index contributed by atoms with van der Waals surface area (Å²) in [5, 5.41) is 0. The van der Waals surface area contributed by atoms with Crippen molar-refractivity contribution in [2.24, 2.45) is 40.4 Å². The highest BCUT2D eigenvalue weighted by Crippen LogP contribution is 2.67. The van der Waals surface area contributed by atoms with Crippen LogP contribution in [0.5, 0.6) is 0 Å². The Labute approximate surface area is 205 Å². The van der Waals surface area contributed by atoms with Crippen LogP contribution < -0.4 is 0 Å². The molecule has 0 bridgehead atoms. The lowest BCUT2D eigenvalue weighted by Gasteiger charge is -2.61. The maximum atomic E-state index is 13.0. The lowest BCUT2D eigenvalue weighted by Crippen LogP contribution is -2.54. The number of hydrogen-bond donors (Lipinski definition) is 0. The number of rotatable bonds is 6. The van der Waals surface area contributed by atoms with Crippen LogP contribution in [0, 0.1) is 40.4 Å². The Hall–Kier alpha value is -1.20. The number of fused-ring (bicyclic) bond motifs is 5. The molecule has 5 aliphatic rings. The van der Waals surface area contributed by atoms with Crippen molar-refractivity contribution >= 4 is 11.8 Å². The number of carbonyl (C=O) groups is 2. The first-order chi connectivity index (χ1) is 16.3. The Balaban J connectivity index is 1.23. The van der Waals surface area contributed by atoms with Crippen molar-refractivity contribution in [3.8, 4) is 0 Å². The summed E-state index contributed by atoms with van der Waals surface area (Å²) in [6, 6.07) is 0. The van der Waals surface area contributed by atoms with Crippen molar-refractivity contribution in [1.29, 1.82) is 0 Å². The molecule has 0 aromatic rings. The number of ether oxygens (including phenoxy) is 3. The van der Waals surface area contributed by atoms with Gasteiger partial charge in [0.15, 0.2) is 18.7 Å². The van der Waals surface area contributed by atoms with Gasteiger partial charge in [-0.2, -0.15) is 0 Å². The fourth-order valence-corrected chi connectivity index (χ4v) is 9.21. The molecule has 4 saturated carbocycles. The average molecular weight is 473 g/mol. The van der Waals surface area contributed by atoms with Gasteiger partial charge in [0, 0.05) is 18.6 Å². The first-order valence-electron chi connectivity index (χ1n) is 13.9. The van der Waals surface area contributed by atoms with Crippen LogP contribution >= 0.6 is 0 Å². The van der Waals surface area contributed by atoms with Gasteiger partial charge in [-0.25, -0.2) is 4.79 Å². The van der Waals surface area contributed by atoms with Gasteiger partial charge in [-0.05, 0) is 112 Å². The van der Waals surface area contributed by atoms with Crippen LogP contribution in [0.4, 0.5) is 0 Å². The fourth-order valence-electron chi connectivity index (χ4n) is 9.21. The molecular formula is C29H44O5. The average Bonchev–Trinajstić information content (AvgIpc) is 3.20. The minimum atomic E-state index is -0.502. The smallest absolute Gasteiger partial charge is 0.330 e. The fraction of sp³-hybridized carbons (Fsp3) is 0.862. The third-order valence-corrected chi connectivity index (χ3v) is 11.0. The molecule has 0 unspecified atom stereocenters. The van der Waals surface area contributed by atoms with Gasteiger partial charge in [0.25, 0.3) is 0 Å². The minimum absolute atomic E-state index is 0.0218. The lowest BCUT2D eigenvalue weighted by atomic mass is 9.44. The molecule has 5 rings (SSSR count). The van der Waals surface area contributed by atoms with Gasteiger partial charge in [0.05, 0.1) is 6.10 Å². The number of hydrogen-bond acceptors (Lipinski definition) is 5. The van der Waals surface area contributed by atoms with Crippen LogP contribution in [0.25, 0.3) is 0 Å². The summed E-state index contributed by atoms with van der Waals surface area (Å²) in [7, 11) is 0. The molecule has 34 heavy (non-hydrogen) atoms. The maximum absolute atomic E-state index is 13.0. The van der Waals surface area contributed by atoms with Gasteiger partial charge in [-0.3, -0.25) is 4.79 Å². The Bertz CT molecular complexity index is 787. The van der Waals surface area contributed by atoms with Crippen molar-refractivity contribution in [3.05, 3.63) is 12.7 Å². The zero-order valence-corrected chi connectivity index (χ0v) is 21.3. The van der Waals surface area contributed by atoms with Crippen molar-refractivity contribution in [2.75, 3.05) is 13.2 Å². The highest BCUT2D eigenvalue weighted by molar-refractivity contribution is 5.88. The molecule has 5 heteroatoms. The molecule has 0 aromatic heterocycles. The van der Waals surface area contributed by atoms with Crippen molar-refractivity contribution < 1.29 is 23.8 Å². The zero-order chi connectivity index (χ0) is 23.9. The number of Topliss-reactive ketones (excluding diaryl/α,β-unsaturated/α-hetero) is 1. The molecule has 1 aliphatic heterocycles. The van der Waals surface area contributed by atoms with Crippen LogP contribution in [0.2, 0.25) is 0 Å². The number of ketones is 1. The third-order valence-electron chi connectivity index (χ3n) is 11.0. The molecule has 0 radical (unpaired) electrons. The molecule has 1 saturated heterocycles. The molecule has 1 heterocycles. The Kier molecular flexibility index (Phi) is 6.98. The number of carbonyl (C=O) groups excluding carboxylic acids is 2. The van der Waals surface area contributed by atoms with Gasteiger partial charge in [0.2, 0.25) is 0 Å². The summed E-state index contributed by atoms with van der Waals surface area (Å²) < 4.78 is 17.4. The molecule has 4 aliphatic carbocycles. The van der Waals surface area contributed by atoms with Gasteiger partial charge >= 0.3 is 5.97 Å². The minimum Gasteiger partial charge on any atom is -0.455 e. The molecule has 0 aromatic carbocycles. The van der Waals surface area contributed by atoms with E-state index in [0.717, 1.165) is 62.5 Å². The lowest BCUT2D eigenvalue weighted by molar-refractivity contribution is -0.212. The van der Waals surface area contributed by atoms with Crippen LogP contribution in [0.3, 0.4) is 0 Å². The topological polar surface area (TPSA) is 61.8 Å². The standard InChI is InChI=1S/C29H44O5/c1-4-26(31)33-18-25(30)24-11-10-22-21-9-8-19-17-20(34-27-7-5-6-16-32-27)12-14-28(19,2)23(21)13-15-29(22,24)3/h4,19-24,27H,1,5-18H2,2-3H3/t19-,20-,21-,22-,23-,24+,27+,28-,29-/m0/s1. The summed E-state index contributed by atoms with van der Waals surface area (Å²) >= 11 is 0. The molecule has 0 N–H and O–H groups in total. The first-order valence-corrected chi connectivity index (χ1v) is 13.9. The highest BCUT2D eigenvalue weighted by Gasteiger charge is 2.61. The molecule has 190 valence electrons. The van der Waals surface area contributed by atoms with Crippen LogP contribution in [0.1, 0.15) is 90.9 Å². The van der Waals surface area contributed by atoms with E-state index in [0.29, 0.717) is 17.4 Å². The molecule has 0 amide bonds. The molecule has 5 nitrogen and oxygen atoms in total. The summed E-state index contributed by atoms with van der Waals surface area (Å²) in [6.45, 7) is 9.13. The second-order valence-electron chi connectivity index (χ2n) is 12.4.